The number of hydrogen-bond acceptors (Lipinski definition) is 5. The normalized spacial score (nSPS) is 17.2. The van der Waals surface area contributed by atoms with Gasteiger partial charge in [0.15, 0.2) is 0 Å². The lowest BCUT2D eigenvalue weighted by Gasteiger charge is -2.23. The maximum atomic E-state index is 12.6. The van der Waals surface area contributed by atoms with Crippen LogP contribution in [0.4, 0.5) is 0 Å². The summed E-state index contributed by atoms with van der Waals surface area (Å²) in [6.07, 6.45) is 4.69. The summed E-state index contributed by atoms with van der Waals surface area (Å²) in [5, 5.41) is 3.08. The number of fused-ring (bicyclic) bond motifs is 3. The van der Waals surface area contributed by atoms with Crippen LogP contribution in [0, 0.1) is 0 Å². The van der Waals surface area contributed by atoms with Gasteiger partial charge in [0.25, 0.3) is 5.91 Å². The van der Waals surface area contributed by atoms with Crippen LogP contribution in [0.25, 0.3) is 0 Å². The second-order valence-electron chi connectivity index (χ2n) is 9.06. The van der Waals surface area contributed by atoms with Crippen LogP contribution in [0.5, 0.6) is 5.75 Å². The van der Waals surface area contributed by atoms with Crippen molar-refractivity contribution in [1.29, 1.82) is 0 Å². The molecule has 1 saturated carbocycles. The van der Waals surface area contributed by atoms with E-state index in [-0.39, 0.29) is 5.91 Å². The first-order chi connectivity index (χ1) is 16.7. The number of rotatable bonds is 4. The molecule has 5 rings (SSSR count). The van der Waals surface area contributed by atoms with E-state index in [4.69, 9.17) is 9.47 Å². The molecule has 2 aliphatic rings. The molecule has 1 fully saturated rings. The van der Waals surface area contributed by atoms with E-state index in [1.54, 1.807) is 0 Å². The van der Waals surface area contributed by atoms with E-state index in [0.29, 0.717) is 37.8 Å². The lowest BCUT2D eigenvalue weighted by atomic mass is 9.99. The number of amides is 1. The molecule has 3 aromatic rings. The Morgan fingerprint density at radius 2 is 1.91 bits per heavy atom. The number of carbonyl (C=O) groups excluding carboxylic acids is 1. The van der Waals surface area contributed by atoms with Gasteiger partial charge < -0.3 is 14.8 Å². The number of nitrogens with zero attached hydrogens (tertiary/aromatic N) is 2. The minimum Gasteiger partial charge on any atom is -0.491 e. The summed E-state index contributed by atoms with van der Waals surface area (Å²) in [7, 11) is 0. The number of nitrogens with one attached hydrogen (secondary N) is 1. The van der Waals surface area contributed by atoms with Crippen molar-refractivity contribution in [2.45, 2.75) is 38.4 Å². The molecule has 0 unspecified atom stereocenters. The minimum absolute atomic E-state index is 0.00745. The van der Waals surface area contributed by atoms with Gasteiger partial charge in [-0.05, 0) is 59.9 Å². The van der Waals surface area contributed by atoms with Crippen LogP contribution >= 0.6 is 0 Å². The fourth-order valence-corrected chi connectivity index (χ4v) is 4.25. The maximum Gasteiger partial charge on any atom is 0.251 e. The summed E-state index contributed by atoms with van der Waals surface area (Å²) >= 11 is 0. The maximum absolute atomic E-state index is 12.6. The van der Waals surface area contributed by atoms with Crippen molar-refractivity contribution in [2.75, 3.05) is 26.4 Å². The van der Waals surface area contributed by atoms with Gasteiger partial charge in [-0.25, -0.2) is 0 Å². The van der Waals surface area contributed by atoms with Gasteiger partial charge in [-0.3, -0.25) is 14.7 Å². The fourth-order valence-electron chi connectivity index (χ4n) is 4.25. The third-order valence-electron chi connectivity index (χ3n) is 6.18. The SMILES string of the molecule is O=C(NC1CC1)c1ccc2c(c1)Cc1cccc(c1)CN(Cc1ccccn1)CCOCCO2. The van der Waals surface area contributed by atoms with Gasteiger partial charge in [0.2, 0.25) is 0 Å². The van der Waals surface area contributed by atoms with Gasteiger partial charge in [-0.15, -0.1) is 0 Å². The lowest BCUT2D eigenvalue weighted by molar-refractivity contribution is 0.0754. The Hall–Kier alpha value is -3.22. The number of aromatic nitrogens is 1. The third-order valence-corrected chi connectivity index (χ3v) is 6.18. The predicted octanol–water partition coefficient (Wildman–Crippen LogP) is 3.98. The van der Waals surface area contributed by atoms with Crippen LogP contribution in [-0.2, 0) is 24.2 Å². The summed E-state index contributed by atoms with van der Waals surface area (Å²) in [4.78, 5) is 19.5. The van der Waals surface area contributed by atoms with Crippen molar-refractivity contribution in [3.8, 4) is 5.75 Å². The topological polar surface area (TPSA) is 63.7 Å². The van der Waals surface area contributed by atoms with Crippen LogP contribution in [0.1, 0.15) is 45.6 Å². The Kier molecular flexibility index (Phi) is 7.17. The summed E-state index contributed by atoms with van der Waals surface area (Å²) in [5.41, 5.74) is 5.20. The quantitative estimate of drug-likeness (QED) is 0.642. The molecule has 6 nitrogen and oxygen atoms in total. The molecule has 0 spiro atoms. The fraction of sp³-hybridized carbons (Fsp3) is 0.357. The molecule has 1 aliphatic carbocycles. The highest BCUT2D eigenvalue weighted by molar-refractivity contribution is 5.95. The number of pyridine rings is 1. The monoisotopic (exact) mass is 457 g/mol. The van der Waals surface area contributed by atoms with Crippen LogP contribution in [-0.4, -0.2) is 48.2 Å². The number of carbonyl (C=O) groups is 1. The van der Waals surface area contributed by atoms with Gasteiger partial charge in [0.1, 0.15) is 12.4 Å². The predicted molar refractivity (Wildman–Crippen MR) is 131 cm³/mol. The average Bonchev–Trinajstić information content (AvgIpc) is 3.66. The highest BCUT2D eigenvalue weighted by Crippen LogP contribution is 2.26. The van der Waals surface area contributed by atoms with Crippen molar-refractivity contribution in [3.05, 3.63) is 94.8 Å². The first kappa shape index (κ1) is 22.6. The van der Waals surface area contributed by atoms with Crippen molar-refractivity contribution >= 4 is 5.91 Å². The minimum atomic E-state index is -0.00745. The molecular weight excluding hydrogens is 426 g/mol. The van der Waals surface area contributed by atoms with Crippen molar-refractivity contribution in [2.24, 2.45) is 0 Å². The Morgan fingerprint density at radius 1 is 1.00 bits per heavy atom. The average molecular weight is 458 g/mol. The molecular formula is C28H31N3O3. The third kappa shape index (κ3) is 6.22. The van der Waals surface area contributed by atoms with Crippen molar-refractivity contribution < 1.29 is 14.3 Å². The molecule has 1 amide bonds. The molecule has 2 heterocycles. The zero-order chi connectivity index (χ0) is 23.2. The molecule has 6 heteroatoms. The van der Waals surface area contributed by atoms with Crippen molar-refractivity contribution in [3.63, 3.8) is 0 Å². The Morgan fingerprint density at radius 3 is 2.76 bits per heavy atom. The van der Waals surface area contributed by atoms with Crippen LogP contribution < -0.4 is 10.1 Å². The van der Waals surface area contributed by atoms with Gasteiger partial charge >= 0.3 is 0 Å². The molecule has 2 aromatic carbocycles. The van der Waals surface area contributed by atoms with Gasteiger partial charge in [0.05, 0.1) is 18.9 Å². The largest absolute Gasteiger partial charge is 0.491 e. The van der Waals surface area contributed by atoms with E-state index >= 15 is 0 Å². The molecule has 1 N–H and O–H groups in total. The van der Waals surface area contributed by atoms with Crippen LogP contribution in [0.15, 0.2) is 66.9 Å². The Bertz CT molecular complexity index is 1110. The summed E-state index contributed by atoms with van der Waals surface area (Å²) in [6, 6.07) is 20.8. The zero-order valence-electron chi connectivity index (χ0n) is 19.4. The van der Waals surface area contributed by atoms with Crippen LogP contribution in [0.2, 0.25) is 0 Å². The summed E-state index contributed by atoms with van der Waals surface area (Å²) in [5.74, 6) is 0.803. The number of benzene rings is 2. The van der Waals surface area contributed by atoms with E-state index in [2.05, 4.69) is 45.5 Å². The van der Waals surface area contributed by atoms with Gasteiger partial charge in [0, 0.05) is 43.9 Å². The number of hydrogen-bond donors (Lipinski definition) is 1. The first-order valence-electron chi connectivity index (χ1n) is 12.1. The van der Waals surface area contributed by atoms with E-state index < -0.39 is 0 Å². The van der Waals surface area contributed by atoms with E-state index in [0.717, 1.165) is 49.5 Å². The molecule has 1 aromatic heterocycles. The van der Waals surface area contributed by atoms with E-state index in [9.17, 15) is 4.79 Å². The second kappa shape index (κ2) is 10.8. The van der Waals surface area contributed by atoms with Gasteiger partial charge in [-0.2, -0.15) is 0 Å². The first-order valence-corrected chi connectivity index (χ1v) is 12.1. The lowest BCUT2D eigenvalue weighted by Crippen LogP contribution is -2.28. The molecule has 0 radical (unpaired) electrons. The Labute approximate surface area is 200 Å². The van der Waals surface area contributed by atoms with Gasteiger partial charge in [-0.1, -0.05) is 30.3 Å². The zero-order valence-corrected chi connectivity index (χ0v) is 19.4. The van der Waals surface area contributed by atoms with E-state index in [1.807, 2.05) is 36.5 Å². The molecule has 2 bridgehead atoms. The second-order valence-corrected chi connectivity index (χ2v) is 9.06. The molecule has 0 saturated heterocycles. The smallest absolute Gasteiger partial charge is 0.251 e. The van der Waals surface area contributed by atoms with E-state index in [1.165, 1.54) is 11.1 Å². The Balaban J connectivity index is 1.38. The highest BCUT2D eigenvalue weighted by atomic mass is 16.5. The molecule has 34 heavy (non-hydrogen) atoms. The van der Waals surface area contributed by atoms with Crippen LogP contribution in [0.3, 0.4) is 0 Å². The number of ether oxygens (including phenoxy) is 2. The highest BCUT2D eigenvalue weighted by Gasteiger charge is 2.24. The summed E-state index contributed by atoms with van der Waals surface area (Å²) in [6.45, 7) is 4.03. The molecule has 176 valence electrons. The molecule has 1 aliphatic heterocycles. The summed E-state index contributed by atoms with van der Waals surface area (Å²) < 4.78 is 12.0. The standard InChI is InChI=1S/C28H31N3O3/c32-28(30-25-8-9-25)23-7-10-27-24(18-23)17-21-4-3-5-22(16-21)19-31(12-13-33-14-15-34-27)20-26-6-1-2-11-29-26/h1-7,10-11,16,18,25H,8-9,12-15,17,19-20H2,(H,30,32). The van der Waals surface area contributed by atoms with Crippen molar-refractivity contribution in [1.82, 2.24) is 15.2 Å². The molecule has 0 atom stereocenters.